The van der Waals surface area contributed by atoms with Gasteiger partial charge in [0.05, 0.1) is 0 Å². The summed E-state index contributed by atoms with van der Waals surface area (Å²) in [5, 5.41) is 0. The van der Waals surface area contributed by atoms with Crippen LogP contribution in [0.25, 0.3) is 89.8 Å². The quantitative estimate of drug-likeness (QED) is 0.159. The summed E-state index contributed by atoms with van der Waals surface area (Å²) in [4.78, 5) is 15.5. The Morgan fingerprint density at radius 2 is 0.500 bits per heavy atom. The second kappa shape index (κ2) is 14.8. The van der Waals surface area contributed by atoms with Gasteiger partial charge in [0.2, 0.25) is 0 Å². The molecule has 9 aromatic rings. The minimum absolute atomic E-state index is 0.620. The van der Waals surface area contributed by atoms with Crippen molar-refractivity contribution in [2.45, 2.75) is 0 Å². The predicted octanol–water partition coefficient (Wildman–Crippen LogP) is 13.2. The van der Waals surface area contributed by atoms with E-state index in [-0.39, 0.29) is 0 Å². The zero-order valence-electron chi connectivity index (χ0n) is 29.5. The molecule has 8 aromatic carbocycles. The third-order valence-corrected chi connectivity index (χ3v) is 9.78. The van der Waals surface area contributed by atoms with Crippen LogP contribution >= 0.6 is 0 Å². The van der Waals surface area contributed by atoms with E-state index in [4.69, 9.17) is 15.0 Å². The Bertz CT molecular complexity index is 2690. The molecule has 0 amide bonds. The van der Waals surface area contributed by atoms with Crippen molar-refractivity contribution >= 4 is 0 Å². The molecule has 254 valence electrons. The molecule has 0 atom stereocenters. The van der Waals surface area contributed by atoms with Crippen LogP contribution in [0.5, 0.6) is 0 Å². The Hall–Kier alpha value is -7.23. The number of benzene rings is 8. The molecule has 0 N–H and O–H groups in total. The fraction of sp³-hybridized carbons (Fsp3) is 0. The van der Waals surface area contributed by atoms with Gasteiger partial charge in [0.25, 0.3) is 0 Å². The van der Waals surface area contributed by atoms with Gasteiger partial charge in [-0.25, -0.2) is 15.0 Å². The smallest absolute Gasteiger partial charge is 0.164 e. The lowest BCUT2D eigenvalue weighted by molar-refractivity contribution is 1.07. The molecule has 1 heterocycles. The van der Waals surface area contributed by atoms with E-state index in [0.717, 1.165) is 55.6 Å². The first-order valence-electron chi connectivity index (χ1n) is 18.2. The average molecular weight is 690 g/mol. The summed E-state index contributed by atoms with van der Waals surface area (Å²) < 4.78 is 0. The monoisotopic (exact) mass is 689 g/mol. The van der Waals surface area contributed by atoms with Gasteiger partial charge < -0.3 is 0 Å². The largest absolute Gasteiger partial charge is 0.208 e. The maximum Gasteiger partial charge on any atom is 0.164 e. The summed E-state index contributed by atoms with van der Waals surface area (Å²) in [6.45, 7) is 0. The van der Waals surface area contributed by atoms with E-state index in [1.807, 2.05) is 24.3 Å². The first-order valence-corrected chi connectivity index (χ1v) is 18.2. The van der Waals surface area contributed by atoms with Crippen molar-refractivity contribution < 1.29 is 0 Å². The molecule has 0 aliphatic rings. The highest BCUT2D eigenvalue weighted by Crippen LogP contribution is 2.37. The maximum absolute atomic E-state index is 5.20. The van der Waals surface area contributed by atoms with E-state index in [9.17, 15) is 0 Å². The first-order chi connectivity index (χ1) is 26.8. The molecule has 0 saturated carbocycles. The summed E-state index contributed by atoms with van der Waals surface area (Å²) in [5.41, 5.74) is 14.2. The van der Waals surface area contributed by atoms with Crippen molar-refractivity contribution in [1.29, 1.82) is 0 Å². The van der Waals surface area contributed by atoms with Crippen LogP contribution in [-0.4, -0.2) is 15.0 Å². The Kier molecular flexibility index (Phi) is 8.94. The highest BCUT2D eigenvalue weighted by atomic mass is 15.0. The number of hydrogen-bond acceptors (Lipinski definition) is 3. The standard InChI is InChI=1S/C51H35N3/c1-4-16-36(17-5-1)38-30-32-40(33-31-38)45-26-10-11-28-47(45)42-23-15-25-44(35-42)50-52-49(43-24-14-22-41(34-43)37-18-6-2-7-19-37)53-51(54-50)48-29-13-12-27-46(48)39-20-8-3-9-21-39/h1-35H. The molecule has 0 aliphatic carbocycles. The van der Waals surface area contributed by atoms with Crippen molar-refractivity contribution in [2.75, 3.05) is 0 Å². The topological polar surface area (TPSA) is 38.7 Å². The van der Waals surface area contributed by atoms with E-state index < -0.39 is 0 Å². The molecule has 0 unspecified atom stereocenters. The fourth-order valence-corrected chi connectivity index (χ4v) is 7.06. The van der Waals surface area contributed by atoms with Gasteiger partial charge in [-0.15, -0.1) is 0 Å². The van der Waals surface area contributed by atoms with Crippen molar-refractivity contribution in [3.63, 3.8) is 0 Å². The van der Waals surface area contributed by atoms with Gasteiger partial charge in [0, 0.05) is 16.7 Å². The lowest BCUT2D eigenvalue weighted by Crippen LogP contribution is -2.01. The van der Waals surface area contributed by atoms with Crippen molar-refractivity contribution in [3.8, 4) is 89.8 Å². The van der Waals surface area contributed by atoms with Gasteiger partial charge in [-0.1, -0.05) is 200 Å². The summed E-state index contributed by atoms with van der Waals surface area (Å²) >= 11 is 0. The van der Waals surface area contributed by atoms with Crippen LogP contribution in [-0.2, 0) is 0 Å². The van der Waals surface area contributed by atoms with Crippen LogP contribution < -0.4 is 0 Å². The minimum atomic E-state index is 0.620. The molecule has 54 heavy (non-hydrogen) atoms. The van der Waals surface area contributed by atoms with Gasteiger partial charge in [-0.3, -0.25) is 0 Å². The van der Waals surface area contributed by atoms with Gasteiger partial charge in [0.1, 0.15) is 0 Å². The first kappa shape index (κ1) is 32.7. The predicted molar refractivity (Wildman–Crippen MR) is 223 cm³/mol. The van der Waals surface area contributed by atoms with Crippen LogP contribution in [0.3, 0.4) is 0 Å². The molecular weight excluding hydrogens is 655 g/mol. The molecule has 0 bridgehead atoms. The van der Waals surface area contributed by atoms with Gasteiger partial charge in [-0.2, -0.15) is 0 Å². The van der Waals surface area contributed by atoms with E-state index >= 15 is 0 Å². The number of hydrogen-bond donors (Lipinski definition) is 0. The van der Waals surface area contributed by atoms with E-state index in [2.05, 4.69) is 188 Å². The molecule has 9 rings (SSSR count). The Balaban J connectivity index is 1.16. The Morgan fingerprint density at radius 3 is 1.07 bits per heavy atom. The molecule has 1 aromatic heterocycles. The molecule has 0 radical (unpaired) electrons. The lowest BCUT2D eigenvalue weighted by atomic mass is 9.92. The highest BCUT2D eigenvalue weighted by molar-refractivity contribution is 5.86. The number of nitrogens with zero attached hydrogens (tertiary/aromatic N) is 3. The molecule has 0 spiro atoms. The lowest BCUT2D eigenvalue weighted by Gasteiger charge is -2.14. The molecule has 0 fully saturated rings. The van der Waals surface area contributed by atoms with E-state index in [1.54, 1.807) is 0 Å². The summed E-state index contributed by atoms with van der Waals surface area (Å²) in [7, 11) is 0. The Morgan fingerprint density at radius 1 is 0.185 bits per heavy atom. The van der Waals surface area contributed by atoms with Gasteiger partial charge in [-0.05, 0) is 67.8 Å². The van der Waals surface area contributed by atoms with Crippen LogP contribution in [0, 0.1) is 0 Å². The highest BCUT2D eigenvalue weighted by Gasteiger charge is 2.17. The summed E-state index contributed by atoms with van der Waals surface area (Å²) in [6, 6.07) is 74.1. The minimum Gasteiger partial charge on any atom is -0.208 e. The van der Waals surface area contributed by atoms with Gasteiger partial charge >= 0.3 is 0 Å². The zero-order chi connectivity index (χ0) is 36.1. The van der Waals surface area contributed by atoms with Crippen LogP contribution in [0.2, 0.25) is 0 Å². The third-order valence-electron chi connectivity index (χ3n) is 9.78. The number of rotatable bonds is 8. The normalized spacial score (nSPS) is 11.0. The molecule has 0 saturated heterocycles. The average Bonchev–Trinajstić information content (AvgIpc) is 3.27. The van der Waals surface area contributed by atoms with Gasteiger partial charge in [0.15, 0.2) is 17.5 Å². The second-order valence-corrected chi connectivity index (χ2v) is 13.2. The Labute approximate surface area is 316 Å². The summed E-state index contributed by atoms with van der Waals surface area (Å²) in [6.07, 6.45) is 0. The zero-order valence-corrected chi connectivity index (χ0v) is 29.5. The molecule has 0 aliphatic heterocycles. The van der Waals surface area contributed by atoms with Crippen LogP contribution in [0.4, 0.5) is 0 Å². The maximum atomic E-state index is 5.20. The number of aromatic nitrogens is 3. The summed E-state index contributed by atoms with van der Waals surface area (Å²) in [5.74, 6) is 1.87. The molecular formula is C51H35N3. The molecule has 3 nitrogen and oxygen atoms in total. The third kappa shape index (κ3) is 6.74. The van der Waals surface area contributed by atoms with Crippen molar-refractivity contribution in [1.82, 2.24) is 15.0 Å². The van der Waals surface area contributed by atoms with Crippen LogP contribution in [0.15, 0.2) is 212 Å². The second-order valence-electron chi connectivity index (χ2n) is 13.2. The van der Waals surface area contributed by atoms with E-state index in [0.29, 0.717) is 17.5 Å². The SMILES string of the molecule is c1ccc(-c2ccc(-c3ccccc3-c3cccc(-c4nc(-c5cccc(-c6ccccc6)c5)nc(-c5ccccc5-c5ccccc5)n4)c3)cc2)cc1. The van der Waals surface area contributed by atoms with E-state index in [1.165, 1.54) is 16.7 Å². The molecule has 3 heteroatoms. The fourth-order valence-electron chi connectivity index (χ4n) is 7.06. The van der Waals surface area contributed by atoms with Crippen LogP contribution in [0.1, 0.15) is 0 Å². The van der Waals surface area contributed by atoms with Crippen molar-refractivity contribution in [3.05, 3.63) is 212 Å². The van der Waals surface area contributed by atoms with Crippen molar-refractivity contribution in [2.24, 2.45) is 0 Å².